The maximum absolute atomic E-state index is 9.85. The maximum Gasteiger partial charge on any atom is 0.171 e. The molecule has 1 unspecified atom stereocenters. The molecule has 14 heavy (non-hydrogen) atoms. The normalized spacial score (nSPS) is 27.2. The van der Waals surface area contributed by atoms with Gasteiger partial charge in [0.2, 0.25) is 0 Å². The van der Waals surface area contributed by atoms with Gasteiger partial charge in [0.25, 0.3) is 0 Å². The first-order valence-corrected chi connectivity index (χ1v) is 7.25. The lowest BCUT2D eigenvalue weighted by Crippen LogP contribution is -2.07. The van der Waals surface area contributed by atoms with Crippen LogP contribution in [0.25, 0.3) is 0 Å². The van der Waals surface area contributed by atoms with Gasteiger partial charge in [-0.05, 0) is 31.6 Å². The zero-order chi connectivity index (χ0) is 9.80. The molecule has 0 saturated heterocycles. The highest BCUT2D eigenvalue weighted by atomic mass is 31.2. The van der Waals surface area contributed by atoms with Crippen LogP contribution in [0.15, 0.2) is 0 Å². The summed E-state index contributed by atoms with van der Waals surface area (Å²) in [6, 6.07) is 0. The molecule has 0 heterocycles. The fraction of sp³-hybridized carbons (Fsp3) is 1.00. The predicted molar refractivity (Wildman–Crippen MR) is 59.3 cm³/mol. The van der Waals surface area contributed by atoms with Crippen LogP contribution in [0.2, 0.25) is 0 Å². The topological polar surface area (TPSA) is 29.5 Å². The zero-order valence-electron chi connectivity index (χ0n) is 8.82. The van der Waals surface area contributed by atoms with E-state index < -0.39 is 8.38 Å². The van der Waals surface area contributed by atoms with Crippen molar-refractivity contribution in [1.82, 2.24) is 0 Å². The molecule has 82 valence electrons. The molecule has 0 spiro atoms. The SMILES string of the molecule is OP(OCC1CCCC1)C1CCCC1. The minimum absolute atomic E-state index is 0.492. The molecule has 1 atom stereocenters. The quantitative estimate of drug-likeness (QED) is 0.729. The van der Waals surface area contributed by atoms with Crippen LogP contribution >= 0.6 is 8.38 Å². The number of hydrogen-bond donors (Lipinski definition) is 1. The van der Waals surface area contributed by atoms with Crippen molar-refractivity contribution in [3.63, 3.8) is 0 Å². The Morgan fingerprint density at radius 2 is 1.57 bits per heavy atom. The third kappa shape index (κ3) is 2.92. The van der Waals surface area contributed by atoms with E-state index in [4.69, 9.17) is 4.52 Å². The van der Waals surface area contributed by atoms with Gasteiger partial charge in [-0.2, -0.15) is 0 Å². The van der Waals surface area contributed by atoms with Crippen molar-refractivity contribution >= 4 is 8.38 Å². The van der Waals surface area contributed by atoms with E-state index in [1.165, 1.54) is 51.4 Å². The van der Waals surface area contributed by atoms with E-state index in [9.17, 15) is 4.89 Å². The third-order valence-electron chi connectivity index (χ3n) is 3.55. The predicted octanol–water partition coefficient (Wildman–Crippen LogP) is 3.44. The van der Waals surface area contributed by atoms with Crippen molar-refractivity contribution in [2.75, 3.05) is 6.61 Å². The van der Waals surface area contributed by atoms with Crippen molar-refractivity contribution in [3.8, 4) is 0 Å². The minimum atomic E-state index is -1.10. The van der Waals surface area contributed by atoms with Gasteiger partial charge in [-0.3, -0.25) is 0 Å². The standard InChI is InChI=1S/C11H21O2P/c12-14(11-7-3-4-8-11)13-9-10-5-1-2-6-10/h10-12H,1-9H2. The van der Waals surface area contributed by atoms with Gasteiger partial charge in [0.1, 0.15) is 0 Å². The molecular formula is C11H21O2P. The lowest BCUT2D eigenvalue weighted by Gasteiger charge is -2.19. The van der Waals surface area contributed by atoms with Gasteiger partial charge in [-0.15, -0.1) is 0 Å². The Kier molecular flexibility index (Phi) is 4.22. The Morgan fingerprint density at radius 1 is 1.00 bits per heavy atom. The molecule has 2 fully saturated rings. The Bertz CT molecular complexity index is 163. The van der Waals surface area contributed by atoms with Crippen molar-refractivity contribution in [1.29, 1.82) is 0 Å². The lowest BCUT2D eigenvalue weighted by atomic mass is 10.1. The molecule has 3 heteroatoms. The van der Waals surface area contributed by atoms with Crippen LogP contribution in [0.4, 0.5) is 0 Å². The van der Waals surface area contributed by atoms with Gasteiger partial charge in [0.15, 0.2) is 8.38 Å². The zero-order valence-corrected chi connectivity index (χ0v) is 9.72. The first kappa shape index (κ1) is 10.9. The van der Waals surface area contributed by atoms with Crippen molar-refractivity contribution in [3.05, 3.63) is 0 Å². The molecule has 0 aromatic carbocycles. The molecule has 2 aliphatic carbocycles. The second kappa shape index (κ2) is 5.44. The van der Waals surface area contributed by atoms with E-state index in [0.29, 0.717) is 5.66 Å². The first-order chi connectivity index (χ1) is 6.86. The van der Waals surface area contributed by atoms with Crippen LogP contribution < -0.4 is 0 Å². The Balaban J connectivity index is 1.63. The molecule has 0 bridgehead atoms. The summed E-state index contributed by atoms with van der Waals surface area (Å²) in [5.41, 5.74) is 0.492. The summed E-state index contributed by atoms with van der Waals surface area (Å²) in [4.78, 5) is 9.85. The maximum atomic E-state index is 9.85. The highest BCUT2D eigenvalue weighted by molar-refractivity contribution is 7.47. The van der Waals surface area contributed by atoms with E-state index in [-0.39, 0.29) is 0 Å². The Morgan fingerprint density at radius 3 is 2.21 bits per heavy atom. The van der Waals surface area contributed by atoms with Crippen molar-refractivity contribution < 1.29 is 9.42 Å². The lowest BCUT2D eigenvalue weighted by molar-refractivity contribution is 0.245. The largest absolute Gasteiger partial charge is 0.350 e. The van der Waals surface area contributed by atoms with E-state index in [1.54, 1.807) is 0 Å². The second-order valence-electron chi connectivity index (χ2n) is 4.69. The molecule has 0 radical (unpaired) electrons. The fourth-order valence-electron chi connectivity index (χ4n) is 2.59. The van der Waals surface area contributed by atoms with Gasteiger partial charge < -0.3 is 9.42 Å². The third-order valence-corrected chi connectivity index (χ3v) is 5.11. The monoisotopic (exact) mass is 216 g/mol. The molecule has 2 rings (SSSR count). The smallest absolute Gasteiger partial charge is 0.171 e. The minimum Gasteiger partial charge on any atom is -0.350 e. The summed E-state index contributed by atoms with van der Waals surface area (Å²) in [7, 11) is -1.10. The van der Waals surface area contributed by atoms with Gasteiger partial charge in [0, 0.05) is 5.66 Å². The Hall–Kier alpha value is 0.350. The van der Waals surface area contributed by atoms with E-state index in [2.05, 4.69) is 0 Å². The van der Waals surface area contributed by atoms with Crippen LogP contribution in [0.3, 0.4) is 0 Å². The van der Waals surface area contributed by atoms with Crippen LogP contribution in [0, 0.1) is 5.92 Å². The van der Waals surface area contributed by atoms with Gasteiger partial charge in [-0.1, -0.05) is 25.7 Å². The summed E-state index contributed by atoms with van der Waals surface area (Å²) in [6.07, 6.45) is 10.3. The van der Waals surface area contributed by atoms with E-state index in [1.807, 2.05) is 0 Å². The molecule has 1 N–H and O–H groups in total. The molecule has 0 aromatic heterocycles. The summed E-state index contributed by atoms with van der Waals surface area (Å²) >= 11 is 0. The van der Waals surface area contributed by atoms with Crippen LogP contribution in [-0.4, -0.2) is 17.2 Å². The summed E-state index contributed by atoms with van der Waals surface area (Å²) in [6.45, 7) is 0.818. The van der Waals surface area contributed by atoms with Crippen LogP contribution in [0.1, 0.15) is 51.4 Å². The molecule has 2 saturated carbocycles. The molecule has 0 amide bonds. The summed E-state index contributed by atoms with van der Waals surface area (Å²) < 4.78 is 5.63. The Labute approximate surface area is 88.0 Å². The fourth-order valence-corrected chi connectivity index (χ4v) is 3.97. The van der Waals surface area contributed by atoms with Crippen molar-refractivity contribution in [2.24, 2.45) is 5.92 Å². The average Bonchev–Trinajstić information content (AvgIpc) is 2.87. The van der Waals surface area contributed by atoms with Gasteiger partial charge >= 0.3 is 0 Å². The van der Waals surface area contributed by atoms with Crippen LogP contribution in [0.5, 0.6) is 0 Å². The van der Waals surface area contributed by atoms with Gasteiger partial charge in [-0.25, -0.2) is 0 Å². The molecule has 2 nitrogen and oxygen atoms in total. The molecule has 0 aliphatic heterocycles. The summed E-state index contributed by atoms with van der Waals surface area (Å²) in [5, 5.41) is 0. The molecule has 2 aliphatic rings. The second-order valence-corrected chi connectivity index (χ2v) is 6.28. The average molecular weight is 216 g/mol. The first-order valence-electron chi connectivity index (χ1n) is 5.97. The van der Waals surface area contributed by atoms with E-state index in [0.717, 1.165) is 12.5 Å². The molecule has 0 aromatic rings. The molecular weight excluding hydrogens is 195 g/mol. The summed E-state index contributed by atoms with van der Waals surface area (Å²) in [5.74, 6) is 0.744. The number of hydrogen-bond acceptors (Lipinski definition) is 2. The highest BCUT2D eigenvalue weighted by Gasteiger charge is 2.26. The highest BCUT2D eigenvalue weighted by Crippen LogP contribution is 2.47. The van der Waals surface area contributed by atoms with Crippen molar-refractivity contribution in [2.45, 2.75) is 57.0 Å². The van der Waals surface area contributed by atoms with E-state index >= 15 is 0 Å². The number of rotatable bonds is 4. The van der Waals surface area contributed by atoms with Gasteiger partial charge in [0.05, 0.1) is 6.61 Å². The van der Waals surface area contributed by atoms with Crippen LogP contribution in [-0.2, 0) is 4.52 Å².